The van der Waals surface area contributed by atoms with E-state index in [4.69, 9.17) is 23.3 Å². The maximum absolute atomic E-state index is 13.0. The predicted molar refractivity (Wildman–Crippen MR) is 325 cm³/mol. The number of ether oxygens (including phenoxy) is 3. The second kappa shape index (κ2) is 60.0. The molecule has 12 heteroatoms. The highest BCUT2D eigenvalue weighted by molar-refractivity contribution is 7.47. The molecule has 0 aliphatic heterocycles. The van der Waals surface area contributed by atoms with Crippen LogP contribution in [0, 0.1) is 0 Å². The van der Waals surface area contributed by atoms with Crippen molar-refractivity contribution < 1.29 is 52.2 Å². The highest BCUT2D eigenvalue weighted by Gasteiger charge is 2.28. The van der Waals surface area contributed by atoms with Crippen LogP contribution in [-0.4, -0.2) is 66.5 Å². The zero-order valence-electron chi connectivity index (χ0n) is 50.1. The molecule has 0 amide bonds. The maximum Gasteiger partial charge on any atom is 0.472 e. The van der Waals surface area contributed by atoms with Gasteiger partial charge in [-0.2, -0.15) is 0 Å². The Kier molecular flexibility index (Phi) is 57.7. The molecule has 11 nitrogen and oxygen atoms in total. The zero-order chi connectivity index (χ0) is 56.9. The van der Waals surface area contributed by atoms with Crippen LogP contribution >= 0.6 is 7.82 Å². The van der Waals surface area contributed by atoms with Gasteiger partial charge in [-0.15, -0.1) is 0 Å². The Balaban J connectivity index is 4.72. The van der Waals surface area contributed by atoms with Crippen LogP contribution in [0.1, 0.15) is 290 Å². The number of rotatable bonds is 59. The number of allylic oxidation sites excluding steroid dienone is 12. The Bertz CT molecular complexity index is 1590. The van der Waals surface area contributed by atoms with Gasteiger partial charge in [0.25, 0.3) is 0 Å². The SMILES string of the molecule is CC/C=C\C/C=C\C/C=C\C/C=C\CCCCCCC(=O)OC(CO)COP(=O)(O)OCC(COC(=O)CCCCCCC/C=C\CCCCCCCC)OC(=O)CCCCCCCCCCC/C=C\CCCCCCCC. The number of aliphatic hydroxyl groups is 1. The first-order valence-electron chi connectivity index (χ1n) is 31.8. The van der Waals surface area contributed by atoms with Crippen LogP contribution in [0.2, 0.25) is 0 Å². The number of carbonyl (C=O) groups is 3. The van der Waals surface area contributed by atoms with E-state index in [0.29, 0.717) is 19.3 Å². The van der Waals surface area contributed by atoms with Gasteiger partial charge >= 0.3 is 25.7 Å². The van der Waals surface area contributed by atoms with Crippen molar-refractivity contribution in [2.45, 2.75) is 303 Å². The molecular formula is C66H117O11P. The molecule has 2 N–H and O–H groups in total. The molecule has 0 bridgehead atoms. The van der Waals surface area contributed by atoms with Crippen molar-refractivity contribution in [3.05, 3.63) is 72.9 Å². The van der Waals surface area contributed by atoms with Gasteiger partial charge in [-0.3, -0.25) is 23.4 Å². The number of esters is 3. The van der Waals surface area contributed by atoms with E-state index in [1.54, 1.807) is 0 Å². The van der Waals surface area contributed by atoms with Crippen molar-refractivity contribution in [1.29, 1.82) is 0 Å². The van der Waals surface area contributed by atoms with Crippen LogP contribution < -0.4 is 0 Å². The lowest BCUT2D eigenvalue weighted by molar-refractivity contribution is -0.161. The number of hydrogen-bond acceptors (Lipinski definition) is 10. The summed E-state index contributed by atoms with van der Waals surface area (Å²) < 4.78 is 39.6. The number of carbonyl (C=O) groups excluding carboxylic acids is 3. The highest BCUT2D eigenvalue weighted by atomic mass is 31.2. The molecule has 0 heterocycles. The number of unbranched alkanes of at least 4 members (excludes halogenated alkanes) is 30. The summed E-state index contributed by atoms with van der Waals surface area (Å²) in [6.45, 7) is 4.52. The van der Waals surface area contributed by atoms with Crippen LogP contribution in [0.5, 0.6) is 0 Å². The maximum atomic E-state index is 13.0. The minimum absolute atomic E-state index is 0.147. The van der Waals surface area contributed by atoms with Gasteiger partial charge in [0.2, 0.25) is 0 Å². The summed E-state index contributed by atoms with van der Waals surface area (Å²) in [5.41, 5.74) is 0. The lowest BCUT2D eigenvalue weighted by Crippen LogP contribution is -2.30. The number of phosphoric acid groups is 1. The smallest absolute Gasteiger partial charge is 0.462 e. The average Bonchev–Trinajstić information content (AvgIpc) is 3.43. The third-order valence-electron chi connectivity index (χ3n) is 13.6. The van der Waals surface area contributed by atoms with Gasteiger partial charge in [0.05, 0.1) is 19.8 Å². The second-order valence-corrected chi connectivity index (χ2v) is 22.6. The van der Waals surface area contributed by atoms with Crippen LogP contribution in [0.25, 0.3) is 0 Å². The molecule has 0 spiro atoms. The molecule has 3 unspecified atom stereocenters. The van der Waals surface area contributed by atoms with Crippen LogP contribution in [0.15, 0.2) is 72.9 Å². The summed E-state index contributed by atoms with van der Waals surface area (Å²) in [5, 5.41) is 9.84. The molecule has 78 heavy (non-hydrogen) atoms. The van der Waals surface area contributed by atoms with E-state index < -0.39 is 57.8 Å². The Labute approximate surface area is 478 Å². The summed E-state index contributed by atoms with van der Waals surface area (Å²) in [7, 11) is -4.76. The molecule has 0 aromatic carbocycles. The number of hydrogen-bond donors (Lipinski definition) is 2. The first-order valence-corrected chi connectivity index (χ1v) is 33.3. The van der Waals surface area contributed by atoms with E-state index in [-0.39, 0.29) is 25.9 Å². The standard InChI is InChI=1S/C66H117O11P/c1-4-7-10-13-16-19-22-25-28-30-31-33-36-39-42-45-48-51-54-57-66(70)77-63(59-73-64(68)55-52-49-46-43-40-37-34-27-24-21-18-15-12-9-6-3)61-75-78(71,72)74-60-62(58-67)76-65(69)56-53-50-47-44-41-38-35-32-29-26-23-20-17-14-11-8-5-2/h8,11,17,20,25-29,34-35,38,62-63,67H,4-7,9-10,12-16,18-19,21-24,30-33,36-37,39-61H2,1-3H3,(H,71,72)/b11-8-,20-17-,28-25-,29-26-,34-27-,38-35-. The lowest BCUT2D eigenvalue weighted by atomic mass is 10.1. The molecule has 0 radical (unpaired) electrons. The van der Waals surface area contributed by atoms with Crippen molar-refractivity contribution >= 4 is 25.7 Å². The Hall–Kier alpha value is -3.08. The van der Waals surface area contributed by atoms with E-state index in [9.17, 15) is 28.9 Å². The Morgan fingerprint density at radius 3 is 1.04 bits per heavy atom. The van der Waals surface area contributed by atoms with Crippen molar-refractivity contribution in [2.24, 2.45) is 0 Å². The quantitative estimate of drug-likeness (QED) is 0.0197. The number of aliphatic hydroxyl groups excluding tert-OH is 1. The molecule has 0 fully saturated rings. The summed E-state index contributed by atoms with van der Waals surface area (Å²) in [6, 6.07) is 0. The minimum Gasteiger partial charge on any atom is -0.462 e. The van der Waals surface area contributed by atoms with E-state index in [2.05, 4.69) is 93.7 Å². The molecule has 0 saturated carbocycles. The van der Waals surface area contributed by atoms with Crippen molar-refractivity contribution in [3.63, 3.8) is 0 Å². The Morgan fingerprint density at radius 2 is 0.667 bits per heavy atom. The number of phosphoric ester groups is 1. The van der Waals surface area contributed by atoms with Gasteiger partial charge in [-0.1, -0.05) is 235 Å². The predicted octanol–water partition coefficient (Wildman–Crippen LogP) is 19.3. The van der Waals surface area contributed by atoms with Crippen molar-refractivity contribution in [2.75, 3.05) is 26.4 Å². The van der Waals surface area contributed by atoms with E-state index in [1.807, 2.05) is 0 Å². The molecule has 0 aromatic rings. The van der Waals surface area contributed by atoms with Gasteiger partial charge in [-0.25, -0.2) is 4.57 Å². The Morgan fingerprint density at radius 1 is 0.372 bits per heavy atom. The summed E-state index contributed by atoms with van der Waals surface area (Å²) in [6.07, 6.45) is 68.5. The normalized spacial score (nSPS) is 13.8. The third-order valence-corrected chi connectivity index (χ3v) is 14.5. The molecule has 0 aliphatic carbocycles. The van der Waals surface area contributed by atoms with Crippen LogP contribution in [-0.2, 0) is 42.2 Å². The third kappa shape index (κ3) is 57.6. The molecule has 0 saturated heterocycles. The van der Waals surface area contributed by atoms with E-state index in [1.165, 1.54) is 122 Å². The van der Waals surface area contributed by atoms with Crippen molar-refractivity contribution in [3.8, 4) is 0 Å². The van der Waals surface area contributed by atoms with Gasteiger partial charge in [0, 0.05) is 19.3 Å². The van der Waals surface area contributed by atoms with Gasteiger partial charge < -0.3 is 24.2 Å². The van der Waals surface area contributed by atoms with Gasteiger partial charge in [0.1, 0.15) is 12.7 Å². The van der Waals surface area contributed by atoms with E-state index in [0.717, 1.165) is 109 Å². The minimum atomic E-state index is -4.76. The van der Waals surface area contributed by atoms with Crippen molar-refractivity contribution in [1.82, 2.24) is 0 Å². The van der Waals surface area contributed by atoms with Crippen LogP contribution in [0.3, 0.4) is 0 Å². The molecule has 452 valence electrons. The zero-order valence-corrected chi connectivity index (χ0v) is 51.0. The first kappa shape index (κ1) is 74.9. The summed E-state index contributed by atoms with van der Waals surface area (Å²) in [4.78, 5) is 48.7. The molecule has 3 atom stereocenters. The lowest BCUT2D eigenvalue weighted by Gasteiger charge is -2.21. The fourth-order valence-corrected chi connectivity index (χ4v) is 9.53. The topological polar surface area (TPSA) is 155 Å². The largest absolute Gasteiger partial charge is 0.472 e. The summed E-state index contributed by atoms with van der Waals surface area (Å²) >= 11 is 0. The van der Waals surface area contributed by atoms with Gasteiger partial charge in [0.15, 0.2) is 6.10 Å². The van der Waals surface area contributed by atoms with Crippen LogP contribution in [0.4, 0.5) is 0 Å². The summed E-state index contributed by atoms with van der Waals surface area (Å²) in [5.74, 6) is -1.49. The molecule has 0 aliphatic rings. The van der Waals surface area contributed by atoms with E-state index >= 15 is 0 Å². The monoisotopic (exact) mass is 1120 g/mol. The van der Waals surface area contributed by atoms with Gasteiger partial charge in [-0.05, 0) is 109 Å². The first-order chi connectivity index (χ1) is 38.2. The highest BCUT2D eigenvalue weighted by Crippen LogP contribution is 2.43. The fourth-order valence-electron chi connectivity index (χ4n) is 8.75. The fraction of sp³-hybridized carbons (Fsp3) is 0.773. The molecule has 0 aromatic heterocycles. The average molecular weight is 1120 g/mol. The molecular weight excluding hydrogens is 1000 g/mol. The second-order valence-electron chi connectivity index (χ2n) is 21.2. The molecule has 0 rings (SSSR count).